The number of aromatic nitrogens is 2. The number of nitrogens with one attached hydrogen (secondary N) is 3. The van der Waals surface area contributed by atoms with Crippen LogP contribution in [0, 0.1) is 29.8 Å². The van der Waals surface area contributed by atoms with Crippen LogP contribution < -0.4 is 26.8 Å². The molecular formula is C27H32F3N7O3. The zero-order chi connectivity index (χ0) is 29.2. The van der Waals surface area contributed by atoms with Crippen LogP contribution in [0.2, 0.25) is 0 Å². The molecule has 0 bridgehead atoms. The van der Waals surface area contributed by atoms with Gasteiger partial charge in [-0.1, -0.05) is 6.07 Å². The summed E-state index contributed by atoms with van der Waals surface area (Å²) in [5, 5.41) is 17.1. The van der Waals surface area contributed by atoms with Crippen molar-refractivity contribution in [2.75, 3.05) is 48.9 Å². The Morgan fingerprint density at radius 1 is 1.18 bits per heavy atom. The van der Waals surface area contributed by atoms with Gasteiger partial charge in [-0.05, 0) is 38.0 Å². The van der Waals surface area contributed by atoms with Crippen LogP contribution in [-0.4, -0.2) is 61.8 Å². The molecule has 214 valence electrons. The number of piperidine rings is 1. The molecule has 1 aliphatic rings. The summed E-state index contributed by atoms with van der Waals surface area (Å²) >= 11 is 0. The molecule has 1 unspecified atom stereocenters. The zero-order valence-electron chi connectivity index (χ0n) is 22.2. The number of nitrogens with zero attached hydrogens (tertiary/aromatic N) is 3. The summed E-state index contributed by atoms with van der Waals surface area (Å²) in [6, 6.07) is 7.37. The van der Waals surface area contributed by atoms with E-state index >= 15 is 0 Å². The monoisotopic (exact) mass is 559 g/mol. The number of amides is 1. The fourth-order valence-corrected chi connectivity index (χ4v) is 4.34. The van der Waals surface area contributed by atoms with Crippen molar-refractivity contribution in [1.82, 2.24) is 9.78 Å². The fraction of sp³-hybridized carbons (Fsp3) is 0.333. The highest BCUT2D eigenvalue weighted by molar-refractivity contribution is 6.00. The molecule has 0 spiro atoms. The molecule has 0 saturated carbocycles. The second-order valence-electron chi connectivity index (χ2n) is 9.01. The maximum Gasteiger partial charge on any atom is 0.271 e. The minimum absolute atomic E-state index is 0.0105. The lowest BCUT2D eigenvalue weighted by Crippen LogP contribution is -2.43. The molecule has 2 heterocycles. The zero-order valence-corrected chi connectivity index (χ0v) is 22.2. The second-order valence-corrected chi connectivity index (χ2v) is 9.01. The van der Waals surface area contributed by atoms with Crippen molar-refractivity contribution in [3.05, 3.63) is 75.5 Å². The van der Waals surface area contributed by atoms with Crippen LogP contribution in [-0.2, 0) is 9.53 Å². The number of anilines is 3. The molecule has 1 fully saturated rings. The van der Waals surface area contributed by atoms with Gasteiger partial charge in [0.2, 0.25) is 6.41 Å². The van der Waals surface area contributed by atoms with Gasteiger partial charge in [-0.25, -0.2) is 13.2 Å². The molecular weight excluding hydrogens is 527 g/mol. The number of ether oxygens (including phenoxy) is 1. The van der Waals surface area contributed by atoms with Crippen molar-refractivity contribution in [2.24, 2.45) is 5.73 Å². The largest absolute Gasteiger partial charge is 0.383 e. The molecule has 5 N–H and O–H groups in total. The minimum Gasteiger partial charge on any atom is -0.383 e. The number of carbonyl (C=O) groups is 1. The Hall–Kier alpha value is -4.23. The third kappa shape index (κ3) is 7.24. The summed E-state index contributed by atoms with van der Waals surface area (Å²) in [5.74, 6) is -2.17. The molecule has 1 saturated heterocycles. The molecule has 1 amide bonds. The van der Waals surface area contributed by atoms with E-state index in [1.807, 2.05) is 4.90 Å². The number of benzene rings is 2. The van der Waals surface area contributed by atoms with E-state index in [1.165, 1.54) is 24.3 Å². The molecule has 1 atom stereocenters. The Balaban J connectivity index is 0.000000238. The highest BCUT2D eigenvalue weighted by Crippen LogP contribution is 2.37. The average molecular weight is 560 g/mol. The van der Waals surface area contributed by atoms with Crippen LogP contribution in [0.15, 0.2) is 41.2 Å². The summed E-state index contributed by atoms with van der Waals surface area (Å²) in [4.78, 5) is 24.4. The first kappa shape index (κ1) is 30.3. The number of hydrogen-bond donors (Lipinski definition) is 4. The number of nitrogens with two attached hydrogens (primary N) is 1. The predicted octanol–water partition coefficient (Wildman–Crippen LogP) is 3.20. The van der Waals surface area contributed by atoms with Gasteiger partial charge in [0.25, 0.3) is 5.56 Å². The van der Waals surface area contributed by atoms with Crippen molar-refractivity contribution in [1.29, 1.82) is 5.41 Å². The van der Waals surface area contributed by atoms with Gasteiger partial charge < -0.3 is 31.4 Å². The lowest BCUT2D eigenvalue weighted by molar-refractivity contribution is -0.105. The van der Waals surface area contributed by atoms with E-state index in [4.69, 9.17) is 15.9 Å². The topological polar surface area (TPSA) is 138 Å². The van der Waals surface area contributed by atoms with Gasteiger partial charge in [0.05, 0.1) is 29.4 Å². The van der Waals surface area contributed by atoms with Crippen LogP contribution >= 0.6 is 0 Å². The van der Waals surface area contributed by atoms with E-state index < -0.39 is 28.7 Å². The number of hydrogen-bond acceptors (Lipinski definition) is 8. The van der Waals surface area contributed by atoms with Crippen molar-refractivity contribution in [3.63, 3.8) is 0 Å². The Morgan fingerprint density at radius 3 is 2.52 bits per heavy atom. The quantitative estimate of drug-likeness (QED) is 0.179. The Bertz CT molecular complexity index is 1380. The van der Waals surface area contributed by atoms with Crippen molar-refractivity contribution in [2.45, 2.75) is 25.8 Å². The van der Waals surface area contributed by atoms with Crippen LogP contribution in [0.1, 0.15) is 24.1 Å². The number of methoxy groups -OCH3 is 1. The lowest BCUT2D eigenvalue weighted by Gasteiger charge is -2.35. The molecule has 0 radical (unpaired) electrons. The van der Waals surface area contributed by atoms with E-state index in [0.717, 1.165) is 42.4 Å². The highest BCUT2D eigenvalue weighted by Gasteiger charge is 2.25. The lowest BCUT2D eigenvalue weighted by atomic mass is 10.0. The molecule has 40 heavy (non-hydrogen) atoms. The molecule has 4 rings (SSSR count). The molecule has 1 aromatic heterocycles. The number of carbonyl (C=O) groups excluding carboxylic acids is 1. The summed E-state index contributed by atoms with van der Waals surface area (Å²) in [6.07, 6.45) is 3.44. The normalized spacial score (nSPS) is 14.7. The maximum absolute atomic E-state index is 14.5. The van der Waals surface area contributed by atoms with Crippen LogP contribution in [0.25, 0.3) is 5.69 Å². The summed E-state index contributed by atoms with van der Waals surface area (Å²) < 4.78 is 47.0. The SMILES string of the molecule is COCCNc1c(F)cc(NC=O)c(N2CCCC(N)C2)c1C=N.Cc1ccc(=O)n(-c2c(F)cccc2F)n1. The number of rotatable bonds is 9. The molecule has 1 aliphatic heterocycles. The van der Waals surface area contributed by atoms with E-state index in [-0.39, 0.29) is 11.7 Å². The van der Waals surface area contributed by atoms with Crippen LogP contribution in [0.3, 0.4) is 0 Å². The van der Waals surface area contributed by atoms with Crippen molar-refractivity contribution < 1.29 is 22.7 Å². The van der Waals surface area contributed by atoms with Gasteiger partial charge in [0.15, 0.2) is 11.6 Å². The minimum atomic E-state index is -0.819. The molecule has 10 nitrogen and oxygen atoms in total. The van der Waals surface area contributed by atoms with Crippen LogP contribution in [0.5, 0.6) is 0 Å². The van der Waals surface area contributed by atoms with E-state index in [1.54, 1.807) is 14.0 Å². The standard InChI is InChI=1S/C16H24FN5O2.C11H8F2N2O/c1-24-6-4-20-15-12(8-18)16(14(21-10-23)7-13(15)17)22-5-2-3-11(19)9-22;1-7-5-6-10(16)15(14-7)11-8(12)3-2-4-9(11)13/h7-8,10-11,18,20H,2-6,9,19H2,1H3,(H,21,23);2-6H,1H3. The van der Waals surface area contributed by atoms with E-state index in [2.05, 4.69) is 15.7 Å². The van der Waals surface area contributed by atoms with E-state index in [0.29, 0.717) is 48.7 Å². The Morgan fingerprint density at radius 2 is 1.90 bits per heavy atom. The van der Waals surface area contributed by atoms with Gasteiger partial charge >= 0.3 is 0 Å². The summed E-state index contributed by atoms with van der Waals surface area (Å²) in [5.41, 5.74) is 7.11. The van der Waals surface area contributed by atoms with Gasteiger partial charge in [0.1, 0.15) is 11.5 Å². The highest BCUT2D eigenvalue weighted by atomic mass is 19.1. The van der Waals surface area contributed by atoms with Gasteiger partial charge in [0, 0.05) is 56.7 Å². The average Bonchev–Trinajstić information content (AvgIpc) is 2.92. The fourth-order valence-electron chi connectivity index (χ4n) is 4.34. The maximum atomic E-state index is 14.5. The smallest absolute Gasteiger partial charge is 0.271 e. The Labute approximate surface area is 229 Å². The summed E-state index contributed by atoms with van der Waals surface area (Å²) in [6.45, 7) is 3.79. The van der Waals surface area contributed by atoms with Crippen LogP contribution in [0.4, 0.5) is 30.2 Å². The first-order valence-corrected chi connectivity index (χ1v) is 12.5. The predicted molar refractivity (Wildman–Crippen MR) is 148 cm³/mol. The first-order chi connectivity index (χ1) is 19.2. The second kappa shape index (κ2) is 14.2. The van der Waals surface area contributed by atoms with Gasteiger partial charge in [-0.3, -0.25) is 9.59 Å². The van der Waals surface area contributed by atoms with E-state index in [9.17, 15) is 22.8 Å². The number of halogens is 3. The Kier molecular flexibility index (Phi) is 10.8. The van der Waals surface area contributed by atoms with Crippen molar-refractivity contribution in [3.8, 4) is 5.69 Å². The molecule has 0 aliphatic carbocycles. The summed E-state index contributed by atoms with van der Waals surface area (Å²) in [7, 11) is 1.56. The molecule has 2 aromatic carbocycles. The first-order valence-electron chi connectivity index (χ1n) is 12.5. The number of aryl methyl sites for hydroxylation is 1. The molecule has 3 aromatic rings. The van der Waals surface area contributed by atoms with Gasteiger partial charge in [-0.15, -0.1) is 0 Å². The third-order valence-electron chi connectivity index (χ3n) is 6.11. The van der Waals surface area contributed by atoms with Crippen molar-refractivity contribution >= 4 is 29.7 Å². The number of para-hydroxylation sites is 1. The third-order valence-corrected chi connectivity index (χ3v) is 6.11. The van der Waals surface area contributed by atoms with Gasteiger partial charge in [-0.2, -0.15) is 9.78 Å². The molecule has 13 heteroatoms.